The van der Waals surface area contributed by atoms with Crippen molar-refractivity contribution in [3.05, 3.63) is 34.3 Å². The molecule has 1 N–H and O–H groups in total. The second-order valence-electron chi connectivity index (χ2n) is 5.88. The van der Waals surface area contributed by atoms with Gasteiger partial charge in [0.05, 0.1) is 12.4 Å². The number of benzene rings is 1. The van der Waals surface area contributed by atoms with E-state index in [1.54, 1.807) is 6.07 Å². The number of rotatable bonds is 4. The zero-order valence-electron chi connectivity index (χ0n) is 12.4. The van der Waals surface area contributed by atoms with Crippen LogP contribution < -0.4 is 0 Å². The molecular formula is C15H22ClNO3S. The van der Waals surface area contributed by atoms with Gasteiger partial charge in [-0.25, -0.2) is 12.7 Å². The van der Waals surface area contributed by atoms with Crippen LogP contribution in [-0.2, 0) is 10.0 Å². The number of halogens is 1. The van der Waals surface area contributed by atoms with Crippen molar-refractivity contribution in [2.24, 2.45) is 5.92 Å². The van der Waals surface area contributed by atoms with Gasteiger partial charge in [-0.05, 0) is 55.4 Å². The number of nitrogens with zero attached hydrogens (tertiary/aromatic N) is 1. The topological polar surface area (TPSA) is 57.6 Å². The van der Waals surface area contributed by atoms with E-state index in [4.69, 9.17) is 11.6 Å². The first-order valence-corrected chi connectivity index (χ1v) is 9.39. The van der Waals surface area contributed by atoms with Crippen molar-refractivity contribution in [2.75, 3.05) is 19.3 Å². The van der Waals surface area contributed by atoms with E-state index in [2.05, 4.69) is 0 Å². The highest BCUT2D eigenvalue weighted by Gasteiger charge is 2.27. The van der Waals surface area contributed by atoms with E-state index in [1.165, 1.54) is 10.6 Å². The standard InChI is InChI=1S/C15H22ClNO3S/c1-11-8-13(16)5-6-14(11)15(18)9-12-4-3-7-17(10-12)21(2,19)20/h5-6,8,12,15,18H,3-4,7,9-10H2,1-2H3. The number of sulfonamides is 1. The van der Waals surface area contributed by atoms with Crippen LogP contribution in [0, 0.1) is 12.8 Å². The van der Waals surface area contributed by atoms with Gasteiger partial charge in [0, 0.05) is 18.1 Å². The lowest BCUT2D eigenvalue weighted by Gasteiger charge is -2.32. The van der Waals surface area contributed by atoms with E-state index in [0.29, 0.717) is 24.5 Å². The maximum atomic E-state index is 11.6. The summed E-state index contributed by atoms with van der Waals surface area (Å²) in [5.74, 6) is 0.193. The smallest absolute Gasteiger partial charge is 0.211 e. The number of aliphatic hydroxyl groups excluding tert-OH is 1. The van der Waals surface area contributed by atoms with Crippen molar-refractivity contribution in [2.45, 2.75) is 32.3 Å². The molecule has 1 aromatic rings. The Morgan fingerprint density at radius 1 is 1.48 bits per heavy atom. The Morgan fingerprint density at radius 2 is 2.19 bits per heavy atom. The van der Waals surface area contributed by atoms with Crippen LogP contribution in [0.5, 0.6) is 0 Å². The number of aliphatic hydroxyl groups is 1. The Labute approximate surface area is 131 Å². The molecule has 0 saturated carbocycles. The molecule has 1 heterocycles. The van der Waals surface area contributed by atoms with Crippen molar-refractivity contribution in [3.63, 3.8) is 0 Å². The van der Waals surface area contributed by atoms with Gasteiger partial charge in [0.1, 0.15) is 0 Å². The molecule has 0 aliphatic carbocycles. The molecule has 6 heteroatoms. The lowest BCUT2D eigenvalue weighted by Crippen LogP contribution is -2.39. The van der Waals surface area contributed by atoms with Gasteiger partial charge in [-0.3, -0.25) is 0 Å². The Morgan fingerprint density at radius 3 is 2.81 bits per heavy atom. The van der Waals surface area contributed by atoms with Gasteiger partial charge in [-0.1, -0.05) is 17.7 Å². The van der Waals surface area contributed by atoms with E-state index in [0.717, 1.165) is 24.0 Å². The van der Waals surface area contributed by atoms with Gasteiger partial charge in [-0.15, -0.1) is 0 Å². The molecule has 1 fully saturated rings. The second-order valence-corrected chi connectivity index (χ2v) is 8.30. The average Bonchev–Trinajstić information content (AvgIpc) is 2.37. The minimum atomic E-state index is -3.14. The van der Waals surface area contributed by atoms with Gasteiger partial charge in [0.2, 0.25) is 10.0 Å². The van der Waals surface area contributed by atoms with Crippen molar-refractivity contribution in [1.29, 1.82) is 0 Å². The van der Waals surface area contributed by atoms with Crippen LogP contribution in [0.2, 0.25) is 5.02 Å². The number of aryl methyl sites for hydroxylation is 1. The molecule has 2 rings (SSSR count). The van der Waals surface area contributed by atoms with Gasteiger partial charge in [0.25, 0.3) is 0 Å². The van der Waals surface area contributed by atoms with Crippen molar-refractivity contribution in [3.8, 4) is 0 Å². The highest BCUT2D eigenvalue weighted by molar-refractivity contribution is 7.88. The Balaban J connectivity index is 2.03. The number of hydrogen-bond acceptors (Lipinski definition) is 3. The third-order valence-corrected chi connectivity index (χ3v) is 5.60. The summed E-state index contributed by atoms with van der Waals surface area (Å²) in [5, 5.41) is 11.1. The fraction of sp³-hybridized carbons (Fsp3) is 0.600. The van der Waals surface area contributed by atoms with Crippen LogP contribution in [0.1, 0.15) is 36.5 Å². The summed E-state index contributed by atoms with van der Waals surface area (Å²) in [6.45, 7) is 3.02. The molecule has 0 radical (unpaired) electrons. The molecule has 1 aliphatic heterocycles. The minimum Gasteiger partial charge on any atom is -0.388 e. The van der Waals surface area contributed by atoms with Crippen molar-refractivity contribution < 1.29 is 13.5 Å². The van der Waals surface area contributed by atoms with E-state index in [9.17, 15) is 13.5 Å². The number of hydrogen-bond donors (Lipinski definition) is 1. The Hall–Kier alpha value is -0.620. The summed E-state index contributed by atoms with van der Waals surface area (Å²) in [4.78, 5) is 0. The summed E-state index contributed by atoms with van der Waals surface area (Å²) >= 11 is 5.93. The SMILES string of the molecule is Cc1cc(Cl)ccc1C(O)CC1CCCN(S(C)(=O)=O)C1. The van der Waals surface area contributed by atoms with Crippen LogP contribution >= 0.6 is 11.6 Å². The Kier molecular flexibility index (Phi) is 5.30. The lowest BCUT2D eigenvalue weighted by molar-refractivity contribution is 0.122. The van der Waals surface area contributed by atoms with Gasteiger partial charge < -0.3 is 5.11 Å². The molecule has 1 aliphatic rings. The summed E-state index contributed by atoms with van der Waals surface area (Å²) < 4.78 is 24.8. The van der Waals surface area contributed by atoms with Crippen molar-refractivity contribution >= 4 is 21.6 Å². The molecule has 4 nitrogen and oxygen atoms in total. The first-order valence-electron chi connectivity index (χ1n) is 7.16. The van der Waals surface area contributed by atoms with Crippen LogP contribution in [0.15, 0.2) is 18.2 Å². The maximum absolute atomic E-state index is 11.6. The molecule has 2 unspecified atom stereocenters. The maximum Gasteiger partial charge on any atom is 0.211 e. The molecular weight excluding hydrogens is 310 g/mol. The Bertz CT molecular complexity index is 603. The van der Waals surface area contributed by atoms with Crippen LogP contribution in [0.4, 0.5) is 0 Å². The first-order chi connectivity index (χ1) is 9.77. The summed E-state index contributed by atoms with van der Waals surface area (Å²) in [5.41, 5.74) is 1.83. The minimum absolute atomic E-state index is 0.193. The number of piperidine rings is 1. The summed E-state index contributed by atoms with van der Waals surface area (Å²) in [6.07, 6.45) is 3.05. The zero-order valence-corrected chi connectivity index (χ0v) is 14.0. The molecule has 0 bridgehead atoms. The van der Waals surface area contributed by atoms with E-state index in [-0.39, 0.29) is 5.92 Å². The van der Waals surface area contributed by atoms with Gasteiger partial charge in [0.15, 0.2) is 0 Å². The largest absolute Gasteiger partial charge is 0.388 e. The third-order valence-electron chi connectivity index (χ3n) is 4.10. The van der Waals surface area contributed by atoms with E-state index < -0.39 is 16.1 Å². The zero-order chi connectivity index (χ0) is 15.6. The molecule has 0 amide bonds. The van der Waals surface area contributed by atoms with E-state index in [1.807, 2.05) is 19.1 Å². The molecule has 0 spiro atoms. The average molecular weight is 332 g/mol. The van der Waals surface area contributed by atoms with Crippen LogP contribution in [-0.4, -0.2) is 37.2 Å². The molecule has 1 saturated heterocycles. The predicted octanol–water partition coefficient (Wildman–Crippen LogP) is 2.74. The van der Waals surface area contributed by atoms with Crippen LogP contribution in [0.25, 0.3) is 0 Å². The summed E-state index contributed by atoms with van der Waals surface area (Å²) in [7, 11) is -3.14. The monoisotopic (exact) mass is 331 g/mol. The van der Waals surface area contributed by atoms with Gasteiger partial charge in [-0.2, -0.15) is 0 Å². The summed E-state index contributed by atoms with van der Waals surface area (Å²) in [6, 6.07) is 5.46. The predicted molar refractivity (Wildman–Crippen MR) is 84.9 cm³/mol. The second kappa shape index (κ2) is 6.65. The molecule has 1 aromatic carbocycles. The van der Waals surface area contributed by atoms with E-state index >= 15 is 0 Å². The first kappa shape index (κ1) is 16.7. The quantitative estimate of drug-likeness (QED) is 0.923. The lowest BCUT2D eigenvalue weighted by atomic mass is 9.90. The normalized spacial score (nSPS) is 22.2. The highest BCUT2D eigenvalue weighted by Crippen LogP contribution is 2.30. The van der Waals surface area contributed by atoms with Crippen molar-refractivity contribution in [1.82, 2.24) is 4.31 Å². The molecule has 21 heavy (non-hydrogen) atoms. The molecule has 2 atom stereocenters. The third kappa shape index (κ3) is 4.42. The molecule has 118 valence electrons. The fourth-order valence-electron chi connectivity index (χ4n) is 2.98. The molecule has 0 aromatic heterocycles. The highest BCUT2D eigenvalue weighted by atomic mass is 35.5. The fourth-order valence-corrected chi connectivity index (χ4v) is 4.15. The van der Waals surface area contributed by atoms with Gasteiger partial charge >= 0.3 is 0 Å². The van der Waals surface area contributed by atoms with Crippen LogP contribution in [0.3, 0.4) is 0 Å².